The number of hydrogen-bond acceptors (Lipinski definition) is 0. The van der Waals surface area contributed by atoms with Crippen molar-refractivity contribution in [3.63, 3.8) is 0 Å². The molecule has 0 heterocycles. The number of rotatable bonds is 4. The van der Waals surface area contributed by atoms with Gasteiger partial charge in [-0.1, -0.05) is 146 Å². The van der Waals surface area contributed by atoms with E-state index in [-0.39, 0.29) is 0 Å². The van der Waals surface area contributed by atoms with Gasteiger partial charge in [0.05, 0.1) is 0 Å². The third-order valence-corrected chi connectivity index (χ3v) is 11.5. The lowest BCUT2D eigenvalue weighted by Gasteiger charge is -2.18. The zero-order chi connectivity index (χ0) is 34.2. The third kappa shape index (κ3) is 4.54. The Morgan fingerprint density at radius 1 is 0.250 bits per heavy atom. The second-order valence-electron chi connectivity index (χ2n) is 14.4. The number of fused-ring (bicyclic) bond motifs is 8. The molecule has 2 aliphatic carbocycles. The molecule has 0 amide bonds. The summed E-state index contributed by atoms with van der Waals surface area (Å²) < 4.78 is 0. The highest BCUT2D eigenvalue weighted by Crippen LogP contribution is 2.46. The van der Waals surface area contributed by atoms with E-state index in [2.05, 4.69) is 182 Å². The second-order valence-corrected chi connectivity index (χ2v) is 14.4. The lowest BCUT2D eigenvalue weighted by atomic mass is 9.86. The minimum absolute atomic E-state index is 0.966. The normalized spacial score (nSPS) is 12.5. The molecule has 0 saturated carbocycles. The summed E-state index contributed by atoms with van der Waals surface area (Å²) >= 11 is 0. The van der Waals surface area contributed by atoms with Crippen LogP contribution in [0.1, 0.15) is 22.3 Å². The Morgan fingerprint density at radius 2 is 0.635 bits per heavy atom. The smallest absolute Gasteiger partial charge is 0.000729 e. The van der Waals surface area contributed by atoms with E-state index in [1.54, 1.807) is 0 Å². The van der Waals surface area contributed by atoms with Crippen molar-refractivity contribution in [1.82, 2.24) is 0 Å². The van der Waals surface area contributed by atoms with Crippen molar-refractivity contribution < 1.29 is 0 Å². The second kappa shape index (κ2) is 11.5. The fourth-order valence-electron chi connectivity index (χ4n) is 9.10. The van der Waals surface area contributed by atoms with Crippen molar-refractivity contribution in [1.29, 1.82) is 0 Å². The van der Waals surface area contributed by atoms with Crippen LogP contribution < -0.4 is 0 Å². The van der Waals surface area contributed by atoms with E-state index in [4.69, 9.17) is 0 Å². The predicted molar refractivity (Wildman–Crippen MR) is 220 cm³/mol. The van der Waals surface area contributed by atoms with Gasteiger partial charge in [0.1, 0.15) is 0 Å². The lowest BCUT2D eigenvalue weighted by molar-refractivity contribution is 1.26. The van der Waals surface area contributed by atoms with Crippen molar-refractivity contribution in [3.05, 3.63) is 204 Å². The third-order valence-electron chi connectivity index (χ3n) is 11.5. The van der Waals surface area contributed by atoms with Crippen LogP contribution in [-0.4, -0.2) is 0 Å². The molecule has 9 aromatic carbocycles. The van der Waals surface area contributed by atoms with E-state index >= 15 is 0 Å². The SMILES string of the molecule is c1ccc(-c2cc(-c3cccc4c3Cc3ccccc3-4)cc3cc4c(-c5ccccc5)cc(-c5cccc6c5Cc5ccccc5-6)cc4cc23)cc1. The van der Waals surface area contributed by atoms with Crippen LogP contribution in [-0.2, 0) is 12.8 Å². The van der Waals surface area contributed by atoms with Crippen molar-refractivity contribution in [2.24, 2.45) is 0 Å². The summed E-state index contributed by atoms with van der Waals surface area (Å²) in [4.78, 5) is 0. The van der Waals surface area contributed by atoms with Gasteiger partial charge in [-0.15, -0.1) is 0 Å². The zero-order valence-electron chi connectivity index (χ0n) is 28.7. The van der Waals surface area contributed by atoms with E-state index in [0.29, 0.717) is 0 Å². The maximum Gasteiger partial charge on any atom is -0.000729 e. The molecule has 0 spiro atoms. The highest BCUT2D eigenvalue weighted by Gasteiger charge is 2.24. The van der Waals surface area contributed by atoms with Crippen LogP contribution in [0, 0.1) is 0 Å². The minimum Gasteiger partial charge on any atom is -0.0622 e. The summed E-state index contributed by atoms with van der Waals surface area (Å²) in [6, 6.07) is 68.0. The van der Waals surface area contributed by atoms with E-state index < -0.39 is 0 Å². The van der Waals surface area contributed by atoms with Crippen LogP contribution >= 0.6 is 0 Å². The molecule has 0 nitrogen and oxygen atoms in total. The van der Waals surface area contributed by atoms with Gasteiger partial charge >= 0.3 is 0 Å². The van der Waals surface area contributed by atoms with Gasteiger partial charge in [0, 0.05) is 0 Å². The number of hydrogen-bond donors (Lipinski definition) is 0. The Hall–Kier alpha value is -6.50. The summed E-state index contributed by atoms with van der Waals surface area (Å²) in [5.74, 6) is 0. The van der Waals surface area contributed by atoms with Crippen LogP contribution in [0.2, 0.25) is 0 Å². The van der Waals surface area contributed by atoms with Gasteiger partial charge in [-0.3, -0.25) is 0 Å². The Morgan fingerprint density at radius 3 is 1.10 bits per heavy atom. The van der Waals surface area contributed by atoms with Crippen molar-refractivity contribution >= 4 is 21.5 Å². The van der Waals surface area contributed by atoms with Gasteiger partial charge in [0.15, 0.2) is 0 Å². The van der Waals surface area contributed by atoms with Crippen molar-refractivity contribution in [2.75, 3.05) is 0 Å². The Kier molecular flexibility index (Phi) is 6.48. The first-order valence-electron chi connectivity index (χ1n) is 18.3. The fourth-order valence-corrected chi connectivity index (χ4v) is 9.10. The summed E-state index contributed by atoms with van der Waals surface area (Å²) in [5.41, 5.74) is 21.3. The van der Waals surface area contributed by atoms with Crippen molar-refractivity contribution in [2.45, 2.75) is 12.8 Å². The quantitative estimate of drug-likeness (QED) is 0.165. The Labute approximate surface area is 304 Å². The van der Waals surface area contributed by atoms with E-state index in [0.717, 1.165) is 12.8 Å². The maximum atomic E-state index is 2.45. The highest BCUT2D eigenvalue weighted by atomic mass is 14.3. The monoisotopic (exact) mass is 658 g/mol. The largest absolute Gasteiger partial charge is 0.0622 e. The summed E-state index contributed by atoms with van der Waals surface area (Å²) in [6.45, 7) is 0. The first-order chi connectivity index (χ1) is 25.8. The molecule has 0 bridgehead atoms. The molecule has 2 aliphatic rings. The molecule has 0 atom stereocenters. The first-order valence-corrected chi connectivity index (χ1v) is 18.3. The van der Waals surface area contributed by atoms with Gasteiger partial charge in [-0.2, -0.15) is 0 Å². The molecular weight excluding hydrogens is 625 g/mol. The topological polar surface area (TPSA) is 0 Å². The molecule has 242 valence electrons. The van der Waals surface area contributed by atoms with Gasteiger partial charge in [-0.25, -0.2) is 0 Å². The average Bonchev–Trinajstić information content (AvgIpc) is 3.79. The molecule has 52 heavy (non-hydrogen) atoms. The van der Waals surface area contributed by atoms with Gasteiger partial charge in [0.2, 0.25) is 0 Å². The van der Waals surface area contributed by atoms with Crippen LogP contribution in [0.25, 0.3) is 88.3 Å². The Bertz CT molecular complexity index is 2680. The maximum absolute atomic E-state index is 2.45. The molecule has 0 unspecified atom stereocenters. The van der Waals surface area contributed by atoms with Gasteiger partial charge in [0.25, 0.3) is 0 Å². The fraction of sp³-hybridized carbons (Fsp3) is 0.0385. The minimum atomic E-state index is 0.966. The molecule has 0 N–H and O–H groups in total. The van der Waals surface area contributed by atoms with Gasteiger partial charge < -0.3 is 0 Å². The van der Waals surface area contributed by atoms with E-state index in [1.165, 1.54) is 111 Å². The zero-order valence-corrected chi connectivity index (χ0v) is 28.7. The Balaban J connectivity index is 1.17. The molecule has 0 aromatic heterocycles. The predicted octanol–water partition coefficient (Wildman–Crippen LogP) is 13.8. The lowest BCUT2D eigenvalue weighted by Crippen LogP contribution is -1.93. The van der Waals surface area contributed by atoms with E-state index in [1.807, 2.05) is 0 Å². The van der Waals surface area contributed by atoms with Gasteiger partial charge in [-0.05, 0) is 160 Å². The standard InChI is InChI=1S/C52H34/c1-3-13-33(14-4-1)47-29-37(43-21-11-23-45-41-19-9-7-17-35(41)27-51(43)45)25-39-32-50-40(31-49(39)47)26-38(30-48(50)34-15-5-2-6-16-34)44-22-12-24-46-42-20-10-8-18-36(42)28-52(44)46/h1-26,29-32H,27-28H2. The molecule has 0 saturated heterocycles. The van der Waals surface area contributed by atoms with Crippen molar-refractivity contribution in [3.8, 4) is 66.8 Å². The van der Waals surface area contributed by atoms with E-state index in [9.17, 15) is 0 Å². The highest BCUT2D eigenvalue weighted by molar-refractivity contribution is 6.12. The molecule has 11 rings (SSSR count). The first kappa shape index (κ1) is 29.3. The molecule has 0 radical (unpaired) electrons. The summed E-state index contributed by atoms with van der Waals surface area (Å²) in [5, 5.41) is 5.08. The van der Waals surface area contributed by atoms with Crippen LogP contribution in [0.5, 0.6) is 0 Å². The molecule has 0 aliphatic heterocycles. The average molecular weight is 659 g/mol. The summed E-state index contributed by atoms with van der Waals surface area (Å²) in [7, 11) is 0. The molecule has 0 heteroatoms. The molecule has 0 fully saturated rings. The molecular formula is C52H34. The summed E-state index contributed by atoms with van der Waals surface area (Å²) in [6.07, 6.45) is 1.93. The molecule has 9 aromatic rings. The van der Waals surface area contributed by atoms with Crippen LogP contribution in [0.15, 0.2) is 182 Å². The van der Waals surface area contributed by atoms with Crippen LogP contribution in [0.3, 0.4) is 0 Å². The van der Waals surface area contributed by atoms with Crippen LogP contribution in [0.4, 0.5) is 0 Å². The number of benzene rings is 9.